The fourth-order valence-electron chi connectivity index (χ4n) is 1.76. The first-order valence-corrected chi connectivity index (χ1v) is 6.85. The van der Waals surface area contributed by atoms with Gasteiger partial charge in [-0.05, 0) is 18.6 Å². The summed E-state index contributed by atoms with van der Waals surface area (Å²) in [5.41, 5.74) is 0. The summed E-state index contributed by atoms with van der Waals surface area (Å²) < 4.78 is 2.07. The number of imidazole rings is 1. The Morgan fingerprint density at radius 1 is 1.35 bits per heavy atom. The van der Waals surface area contributed by atoms with E-state index < -0.39 is 0 Å². The quantitative estimate of drug-likeness (QED) is 0.797. The normalized spacial score (nSPS) is 10.9. The molecule has 0 aliphatic heterocycles. The highest BCUT2D eigenvalue weighted by Gasteiger charge is 2.00. The summed E-state index contributed by atoms with van der Waals surface area (Å²) >= 11 is 1.90. The second-order valence-electron chi connectivity index (χ2n) is 4.10. The molecule has 2 rings (SSSR count). The van der Waals surface area contributed by atoms with Crippen LogP contribution in [0, 0.1) is 0 Å². The van der Waals surface area contributed by atoms with Gasteiger partial charge in [-0.25, -0.2) is 4.98 Å². The molecule has 0 aromatic carbocycles. The maximum absolute atomic E-state index is 4.30. The molecule has 0 aliphatic rings. The maximum Gasteiger partial charge on any atom is 0.109 e. The Bertz CT molecular complexity index is 459. The van der Waals surface area contributed by atoms with Gasteiger partial charge in [-0.2, -0.15) is 0 Å². The lowest BCUT2D eigenvalue weighted by molar-refractivity contribution is 0.659. The van der Waals surface area contributed by atoms with E-state index in [0.717, 1.165) is 31.8 Å². The van der Waals surface area contributed by atoms with E-state index in [1.807, 2.05) is 30.8 Å². The Morgan fingerprint density at radius 3 is 2.82 bits per heavy atom. The third kappa shape index (κ3) is 3.41. The van der Waals surface area contributed by atoms with Gasteiger partial charge in [0.15, 0.2) is 0 Å². The molecule has 4 heteroatoms. The minimum absolute atomic E-state index is 0.967. The van der Waals surface area contributed by atoms with Crippen molar-refractivity contribution < 1.29 is 0 Å². The van der Waals surface area contributed by atoms with Crippen molar-refractivity contribution in [1.82, 2.24) is 14.9 Å². The van der Waals surface area contributed by atoms with Crippen LogP contribution in [-0.2, 0) is 26.4 Å². The zero-order valence-electron chi connectivity index (χ0n) is 10.4. The average molecular weight is 249 g/mol. The summed E-state index contributed by atoms with van der Waals surface area (Å²) in [6, 6.07) is 4.44. The minimum atomic E-state index is 0.967. The van der Waals surface area contributed by atoms with Crippen molar-refractivity contribution >= 4 is 11.3 Å². The predicted molar refractivity (Wildman–Crippen MR) is 72.3 cm³/mol. The van der Waals surface area contributed by atoms with Crippen molar-refractivity contribution in [3.05, 3.63) is 40.1 Å². The molecule has 0 bridgehead atoms. The van der Waals surface area contributed by atoms with Crippen LogP contribution in [0.25, 0.3) is 0 Å². The van der Waals surface area contributed by atoms with Crippen LogP contribution in [0.4, 0.5) is 0 Å². The Kier molecular flexibility index (Phi) is 4.34. The van der Waals surface area contributed by atoms with Gasteiger partial charge < -0.3 is 9.88 Å². The predicted octanol–water partition coefficient (Wildman–Crippen LogP) is 2.38. The summed E-state index contributed by atoms with van der Waals surface area (Å²) in [7, 11) is 2.04. The van der Waals surface area contributed by atoms with E-state index >= 15 is 0 Å². The molecule has 1 N–H and O–H groups in total. The molecule has 3 nitrogen and oxygen atoms in total. The van der Waals surface area contributed by atoms with E-state index in [2.05, 4.69) is 33.9 Å². The van der Waals surface area contributed by atoms with Crippen LogP contribution in [0.2, 0.25) is 0 Å². The number of hydrogen-bond donors (Lipinski definition) is 1. The molecule has 0 radical (unpaired) electrons. The molecule has 2 heterocycles. The largest absolute Gasteiger partial charge is 0.338 e. The van der Waals surface area contributed by atoms with E-state index in [-0.39, 0.29) is 0 Å². The molecule has 0 saturated heterocycles. The van der Waals surface area contributed by atoms with Gasteiger partial charge in [-0.15, -0.1) is 11.3 Å². The molecule has 92 valence electrons. The van der Waals surface area contributed by atoms with Gasteiger partial charge in [0.2, 0.25) is 0 Å². The van der Waals surface area contributed by atoms with Gasteiger partial charge in [-0.1, -0.05) is 6.92 Å². The highest BCUT2D eigenvalue weighted by molar-refractivity contribution is 7.11. The van der Waals surface area contributed by atoms with Crippen molar-refractivity contribution in [2.45, 2.75) is 26.3 Å². The van der Waals surface area contributed by atoms with Gasteiger partial charge in [0.1, 0.15) is 5.82 Å². The summed E-state index contributed by atoms with van der Waals surface area (Å²) in [5.74, 6) is 1.14. The minimum Gasteiger partial charge on any atom is -0.338 e. The fraction of sp³-hybridized carbons (Fsp3) is 0.462. The molecule has 2 aromatic heterocycles. The third-order valence-corrected chi connectivity index (χ3v) is 4.04. The molecule has 0 saturated carbocycles. The molecule has 0 unspecified atom stereocenters. The topological polar surface area (TPSA) is 29.9 Å². The number of nitrogens with one attached hydrogen (secondary N) is 1. The monoisotopic (exact) mass is 249 g/mol. The molecule has 0 atom stereocenters. The van der Waals surface area contributed by atoms with Crippen LogP contribution in [-0.4, -0.2) is 16.1 Å². The van der Waals surface area contributed by atoms with E-state index in [4.69, 9.17) is 0 Å². The number of hydrogen-bond acceptors (Lipinski definition) is 3. The number of rotatable bonds is 6. The molecule has 0 fully saturated rings. The van der Waals surface area contributed by atoms with Gasteiger partial charge >= 0.3 is 0 Å². The van der Waals surface area contributed by atoms with Crippen molar-refractivity contribution in [2.75, 3.05) is 6.54 Å². The first-order valence-electron chi connectivity index (χ1n) is 6.04. The van der Waals surface area contributed by atoms with Crippen LogP contribution in [0.5, 0.6) is 0 Å². The number of thiophene rings is 1. The second kappa shape index (κ2) is 5.98. The van der Waals surface area contributed by atoms with E-state index in [9.17, 15) is 0 Å². The molecule has 17 heavy (non-hydrogen) atoms. The Hall–Kier alpha value is -1.13. The van der Waals surface area contributed by atoms with Crippen LogP contribution >= 0.6 is 11.3 Å². The Labute approximate surface area is 107 Å². The van der Waals surface area contributed by atoms with Gasteiger partial charge in [0.05, 0.1) is 0 Å². The van der Waals surface area contributed by atoms with Crippen LogP contribution < -0.4 is 5.32 Å². The van der Waals surface area contributed by atoms with E-state index in [1.54, 1.807) is 0 Å². The van der Waals surface area contributed by atoms with Crippen molar-refractivity contribution in [3.8, 4) is 0 Å². The standard InChI is InChI=1S/C13H19N3S/c1-3-11-4-5-12(17-11)10-14-7-6-13-15-8-9-16(13)2/h4-5,8-9,14H,3,6-7,10H2,1-2H3. The van der Waals surface area contributed by atoms with Crippen molar-refractivity contribution in [2.24, 2.45) is 7.05 Å². The number of aromatic nitrogens is 2. The lowest BCUT2D eigenvalue weighted by Crippen LogP contribution is -2.17. The SMILES string of the molecule is CCc1ccc(CNCCc2nccn2C)s1. The Balaban J connectivity index is 1.71. The zero-order valence-corrected chi connectivity index (χ0v) is 11.3. The van der Waals surface area contributed by atoms with Crippen LogP contribution in [0.15, 0.2) is 24.5 Å². The summed E-state index contributed by atoms with van der Waals surface area (Å²) in [4.78, 5) is 7.19. The van der Waals surface area contributed by atoms with Crippen LogP contribution in [0.1, 0.15) is 22.5 Å². The molecule has 0 aliphatic carbocycles. The van der Waals surface area contributed by atoms with Crippen molar-refractivity contribution in [1.29, 1.82) is 0 Å². The highest BCUT2D eigenvalue weighted by Crippen LogP contribution is 2.16. The van der Waals surface area contributed by atoms with Gasteiger partial charge in [0.25, 0.3) is 0 Å². The lowest BCUT2D eigenvalue weighted by atomic mass is 10.3. The molecule has 2 aromatic rings. The molecule has 0 amide bonds. The fourth-order valence-corrected chi connectivity index (χ4v) is 2.68. The number of nitrogens with zero attached hydrogens (tertiary/aromatic N) is 2. The first kappa shape index (κ1) is 12.3. The molecular formula is C13H19N3S. The van der Waals surface area contributed by atoms with Gasteiger partial charge in [0, 0.05) is 48.7 Å². The lowest BCUT2D eigenvalue weighted by Gasteiger charge is -2.03. The first-order chi connectivity index (χ1) is 8.29. The van der Waals surface area contributed by atoms with Crippen LogP contribution in [0.3, 0.4) is 0 Å². The number of aryl methyl sites for hydroxylation is 2. The Morgan fingerprint density at radius 2 is 2.18 bits per heavy atom. The summed E-state index contributed by atoms with van der Waals surface area (Å²) in [6.07, 6.45) is 5.96. The summed E-state index contributed by atoms with van der Waals surface area (Å²) in [6.45, 7) is 4.14. The smallest absolute Gasteiger partial charge is 0.109 e. The van der Waals surface area contributed by atoms with Gasteiger partial charge in [-0.3, -0.25) is 0 Å². The summed E-state index contributed by atoms with van der Waals surface area (Å²) in [5, 5.41) is 3.46. The van der Waals surface area contributed by atoms with E-state index in [1.165, 1.54) is 9.75 Å². The second-order valence-corrected chi connectivity index (χ2v) is 5.36. The van der Waals surface area contributed by atoms with Crippen molar-refractivity contribution in [3.63, 3.8) is 0 Å². The molecular weight excluding hydrogens is 230 g/mol. The highest BCUT2D eigenvalue weighted by atomic mass is 32.1. The molecule has 0 spiro atoms. The zero-order chi connectivity index (χ0) is 12.1. The van der Waals surface area contributed by atoms with E-state index in [0.29, 0.717) is 0 Å². The third-order valence-electron chi connectivity index (χ3n) is 2.81. The maximum atomic E-state index is 4.30. The average Bonchev–Trinajstić information content (AvgIpc) is 2.94.